The van der Waals surface area contributed by atoms with Gasteiger partial charge < -0.3 is 4.90 Å². The fourth-order valence-electron chi connectivity index (χ4n) is 3.72. The van der Waals surface area contributed by atoms with Gasteiger partial charge in [0.1, 0.15) is 12.4 Å². The van der Waals surface area contributed by atoms with Crippen LogP contribution >= 0.6 is 11.6 Å². The van der Waals surface area contributed by atoms with E-state index in [1.165, 1.54) is 37.7 Å². The number of nitrogens with zero attached hydrogens (tertiary/aromatic N) is 1. The summed E-state index contributed by atoms with van der Waals surface area (Å²) in [5.41, 5.74) is 1.27. The van der Waals surface area contributed by atoms with E-state index in [4.69, 9.17) is 11.6 Å². The molecule has 0 atom stereocenters. The van der Waals surface area contributed by atoms with E-state index in [2.05, 4.69) is 30.3 Å². The summed E-state index contributed by atoms with van der Waals surface area (Å²) in [6.45, 7) is 3.15. The number of hydrogen-bond acceptors (Lipinski definition) is 2. The maximum atomic E-state index is 13.4. The number of rotatable bonds is 4. The van der Waals surface area contributed by atoms with Gasteiger partial charge in [-0.2, -0.15) is 4.31 Å². The number of sulfonamides is 1. The summed E-state index contributed by atoms with van der Waals surface area (Å²) in [4.78, 5) is 1.39. The van der Waals surface area contributed by atoms with Crippen molar-refractivity contribution in [1.82, 2.24) is 4.31 Å². The summed E-state index contributed by atoms with van der Waals surface area (Å²) >= 11 is 5.76. The Morgan fingerprint density at radius 2 is 1.71 bits per heavy atom. The van der Waals surface area contributed by atoms with Crippen LogP contribution in [0.5, 0.6) is 0 Å². The third-order valence-corrected chi connectivity index (χ3v) is 7.46. The van der Waals surface area contributed by atoms with Gasteiger partial charge in [-0.15, -0.1) is 0 Å². The van der Waals surface area contributed by atoms with Crippen LogP contribution < -0.4 is 4.90 Å². The summed E-state index contributed by atoms with van der Waals surface area (Å²) < 4.78 is 40.5. The molecule has 1 saturated heterocycles. The third-order valence-electron chi connectivity index (χ3n) is 5.28. The number of nitrogens with one attached hydrogen (secondary N) is 1. The second-order valence-corrected chi connectivity index (χ2v) is 9.39. The van der Waals surface area contributed by atoms with Crippen molar-refractivity contribution in [3.63, 3.8) is 0 Å². The largest absolute Gasteiger partial charge is 0.329 e. The first-order valence-corrected chi connectivity index (χ1v) is 11.0. The molecule has 0 radical (unpaired) electrons. The molecule has 0 spiro atoms. The Morgan fingerprint density at radius 3 is 2.46 bits per heavy atom. The molecule has 1 N–H and O–H groups in total. The minimum atomic E-state index is -3.66. The Bertz CT molecular complexity index is 1110. The average molecular weight is 420 g/mol. The topological polar surface area (TPSA) is 41.8 Å². The Balaban J connectivity index is 1.46. The lowest BCUT2D eigenvalue weighted by Gasteiger charge is -2.31. The molecule has 0 aromatic heterocycles. The second-order valence-electron chi connectivity index (χ2n) is 7.05. The zero-order valence-electron chi connectivity index (χ0n) is 15.2. The van der Waals surface area contributed by atoms with Crippen LogP contribution in [0.1, 0.15) is 5.56 Å². The average Bonchev–Trinajstić information content (AvgIpc) is 2.71. The van der Waals surface area contributed by atoms with E-state index in [9.17, 15) is 12.8 Å². The highest BCUT2D eigenvalue weighted by Gasteiger charge is 2.31. The molecule has 7 heteroatoms. The van der Waals surface area contributed by atoms with Crippen molar-refractivity contribution >= 4 is 32.4 Å². The lowest BCUT2D eigenvalue weighted by Crippen LogP contribution is -3.13. The number of fused-ring (bicyclic) bond motifs is 1. The van der Waals surface area contributed by atoms with Gasteiger partial charge >= 0.3 is 0 Å². The minimum Gasteiger partial charge on any atom is -0.329 e. The van der Waals surface area contributed by atoms with E-state index < -0.39 is 15.8 Å². The van der Waals surface area contributed by atoms with Gasteiger partial charge in [-0.25, -0.2) is 12.8 Å². The van der Waals surface area contributed by atoms with Crippen molar-refractivity contribution in [3.8, 4) is 0 Å². The standard InChI is InChI=1S/C21H20ClFN2O2S/c22-20-14-18(8-9-21(20)23)28(26,27)25-12-10-24(11-13-25)15-17-6-3-5-16-4-1-2-7-19(16)17/h1-9,14H,10-13,15H2/p+1. The van der Waals surface area contributed by atoms with Crippen LogP contribution in [-0.2, 0) is 16.6 Å². The molecule has 1 aliphatic heterocycles. The molecule has 1 heterocycles. The molecule has 4 nitrogen and oxygen atoms in total. The number of benzene rings is 3. The van der Waals surface area contributed by atoms with Gasteiger partial charge in [0.05, 0.1) is 36.1 Å². The summed E-state index contributed by atoms with van der Waals surface area (Å²) in [7, 11) is -3.66. The Labute approximate surface area is 169 Å². The first-order valence-electron chi connectivity index (χ1n) is 9.20. The van der Waals surface area contributed by atoms with Crippen LogP contribution in [0, 0.1) is 5.82 Å². The van der Waals surface area contributed by atoms with Gasteiger partial charge in [-0.1, -0.05) is 54.1 Å². The molecule has 0 bridgehead atoms. The molecule has 1 fully saturated rings. The first kappa shape index (κ1) is 19.3. The van der Waals surface area contributed by atoms with E-state index in [1.54, 1.807) is 0 Å². The molecule has 4 rings (SSSR count). The monoisotopic (exact) mass is 419 g/mol. The molecule has 1 aliphatic rings. The summed E-state index contributed by atoms with van der Waals surface area (Å²) in [6.07, 6.45) is 0. The van der Waals surface area contributed by atoms with Crippen molar-refractivity contribution in [2.45, 2.75) is 11.4 Å². The third kappa shape index (κ3) is 3.78. The molecule has 0 unspecified atom stereocenters. The normalized spacial score (nSPS) is 16.5. The molecule has 28 heavy (non-hydrogen) atoms. The molecule has 3 aromatic rings. The van der Waals surface area contributed by atoms with Gasteiger partial charge in [0.25, 0.3) is 0 Å². The van der Waals surface area contributed by atoms with Gasteiger partial charge in [0.2, 0.25) is 10.0 Å². The zero-order valence-corrected chi connectivity index (χ0v) is 16.8. The Kier molecular flexibility index (Phi) is 5.38. The van der Waals surface area contributed by atoms with Gasteiger partial charge in [-0.05, 0) is 29.0 Å². The first-order chi connectivity index (χ1) is 13.4. The van der Waals surface area contributed by atoms with Crippen LogP contribution in [0.4, 0.5) is 4.39 Å². The number of piperazine rings is 1. The molecule has 0 saturated carbocycles. The highest BCUT2D eigenvalue weighted by Crippen LogP contribution is 2.22. The number of hydrogen-bond donors (Lipinski definition) is 1. The molecular weight excluding hydrogens is 399 g/mol. The Hall–Kier alpha value is -1.99. The van der Waals surface area contributed by atoms with E-state index in [1.807, 2.05) is 12.1 Å². The van der Waals surface area contributed by atoms with Gasteiger partial charge in [0.15, 0.2) is 0 Å². The maximum absolute atomic E-state index is 13.4. The highest BCUT2D eigenvalue weighted by molar-refractivity contribution is 7.89. The van der Waals surface area contributed by atoms with Crippen LogP contribution in [0.2, 0.25) is 5.02 Å². The minimum absolute atomic E-state index is 0.0383. The quantitative estimate of drug-likeness (QED) is 0.706. The number of halogens is 2. The van der Waals surface area contributed by atoms with Crippen molar-refractivity contribution in [2.24, 2.45) is 0 Å². The van der Waals surface area contributed by atoms with Crippen molar-refractivity contribution in [1.29, 1.82) is 0 Å². The Morgan fingerprint density at radius 1 is 1.00 bits per heavy atom. The fraction of sp³-hybridized carbons (Fsp3) is 0.238. The lowest BCUT2D eigenvalue weighted by molar-refractivity contribution is -0.917. The predicted molar refractivity (Wildman–Crippen MR) is 109 cm³/mol. The molecule has 0 amide bonds. The molecule has 0 aliphatic carbocycles. The van der Waals surface area contributed by atoms with Crippen LogP contribution in [-0.4, -0.2) is 38.9 Å². The summed E-state index contributed by atoms with van der Waals surface area (Å²) in [5, 5.41) is 2.28. The van der Waals surface area contributed by atoms with Crippen molar-refractivity contribution in [2.75, 3.05) is 26.2 Å². The van der Waals surface area contributed by atoms with Crippen molar-refractivity contribution < 1.29 is 17.7 Å². The second kappa shape index (κ2) is 7.79. The van der Waals surface area contributed by atoms with Crippen LogP contribution in [0.3, 0.4) is 0 Å². The predicted octanol–water partition coefficient (Wildman–Crippen LogP) is 2.72. The summed E-state index contributed by atoms with van der Waals surface area (Å²) in [5.74, 6) is -0.620. The molecule has 146 valence electrons. The van der Waals surface area contributed by atoms with E-state index in [0.29, 0.717) is 13.1 Å². The number of quaternary nitrogens is 1. The zero-order chi connectivity index (χ0) is 19.7. The fourth-order valence-corrected chi connectivity index (χ4v) is 5.44. The molecular formula is C21H21ClFN2O2S+. The summed E-state index contributed by atoms with van der Waals surface area (Å²) in [6, 6.07) is 18.2. The van der Waals surface area contributed by atoms with Crippen LogP contribution in [0.15, 0.2) is 65.6 Å². The molecule has 3 aromatic carbocycles. The maximum Gasteiger partial charge on any atom is 0.243 e. The SMILES string of the molecule is O=S(=O)(c1ccc(F)c(Cl)c1)N1CC[NH+](Cc2cccc3ccccc23)CC1. The smallest absolute Gasteiger partial charge is 0.243 e. The highest BCUT2D eigenvalue weighted by atomic mass is 35.5. The van der Waals surface area contributed by atoms with Gasteiger partial charge in [0, 0.05) is 5.56 Å². The van der Waals surface area contributed by atoms with E-state index >= 15 is 0 Å². The van der Waals surface area contributed by atoms with Crippen LogP contribution in [0.25, 0.3) is 10.8 Å². The van der Waals surface area contributed by atoms with E-state index in [0.717, 1.165) is 25.7 Å². The lowest BCUT2D eigenvalue weighted by atomic mass is 10.0. The van der Waals surface area contributed by atoms with E-state index in [-0.39, 0.29) is 9.92 Å². The van der Waals surface area contributed by atoms with Crippen molar-refractivity contribution in [3.05, 3.63) is 77.1 Å². The van der Waals surface area contributed by atoms with Gasteiger partial charge in [-0.3, -0.25) is 0 Å².